The molecule has 78 valence electrons. The average Bonchev–Trinajstić information content (AvgIpc) is 2.84. The van der Waals surface area contributed by atoms with E-state index in [-0.39, 0.29) is 5.69 Å². The van der Waals surface area contributed by atoms with Crippen LogP contribution in [0.3, 0.4) is 0 Å². The molecule has 7 nitrogen and oxygen atoms in total. The molecule has 2 aromatic heterocycles. The third kappa shape index (κ3) is 1.58. The molecular formula is C8H8N4O3. The van der Waals surface area contributed by atoms with Gasteiger partial charge in [-0.1, -0.05) is 5.16 Å². The molecule has 0 aromatic carbocycles. The molecule has 0 fully saturated rings. The van der Waals surface area contributed by atoms with Crippen LogP contribution in [0.15, 0.2) is 10.6 Å². The lowest BCUT2D eigenvalue weighted by Crippen LogP contribution is -2.03. The Hall–Kier alpha value is -2.18. The van der Waals surface area contributed by atoms with Gasteiger partial charge in [-0.15, -0.1) is 5.10 Å². The lowest BCUT2D eigenvalue weighted by molar-refractivity contribution is 0.0595. The highest BCUT2D eigenvalue weighted by Crippen LogP contribution is 2.19. The Morgan fingerprint density at radius 2 is 2.33 bits per heavy atom. The molecular weight excluding hydrogens is 200 g/mol. The summed E-state index contributed by atoms with van der Waals surface area (Å²) in [5.41, 5.74) is 0.853. The second-order valence-corrected chi connectivity index (χ2v) is 2.84. The van der Waals surface area contributed by atoms with Crippen LogP contribution in [-0.4, -0.2) is 33.6 Å². The quantitative estimate of drug-likeness (QED) is 0.724. The van der Waals surface area contributed by atoms with Gasteiger partial charge in [0.25, 0.3) is 0 Å². The fourth-order valence-corrected chi connectivity index (χ4v) is 1.13. The number of nitrogens with one attached hydrogen (secondary N) is 1. The molecule has 2 heterocycles. The van der Waals surface area contributed by atoms with Crippen molar-refractivity contribution in [3.63, 3.8) is 0 Å². The van der Waals surface area contributed by atoms with Gasteiger partial charge in [-0.2, -0.15) is 10.3 Å². The third-order valence-corrected chi connectivity index (χ3v) is 1.80. The molecule has 0 aliphatic rings. The van der Waals surface area contributed by atoms with Gasteiger partial charge in [-0.05, 0) is 6.92 Å². The third-order valence-electron chi connectivity index (χ3n) is 1.80. The van der Waals surface area contributed by atoms with Crippen molar-refractivity contribution in [1.29, 1.82) is 0 Å². The Labute approximate surface area is 84.4 Å². The number of aromatic amines is 1. The zero-order valence-electron chi connectivity index (χ0n) is 8.14. The first-order chi connectivity index (χ1) is 7.22. The predicted octanol–water partition coefficient (Wildman–Crippen LogP) is 0.555. The van der Waals surface area contributed by atoms with Crippen LogP contribution < -0.4 is 0 Å². The second kappa shape index (κ2) is 3.52. The smallest absolute Gasteiger partial charge is 0.361 e. The monoisotopic (exact) mass is 208 g/mol. The molecule has 0 atom stereocenters. The summed E-state index contributed by atoms with van der Waals surface area (Å²) in [7, 11) is 1.27. The van der Waals surface area contributed by atoms with Gasteiger partial charge in [0.2, 0.25) is 0 Å². The first-order valence-electron chi connectivity index (χ1n) is 4.15. The topological polar surface area (TPSA) is 93.9 Å². The van der Waals surface area contributed by atoms with Gasteiger partial charge >= 0.3 is 5.97 Å². The highest BCUT2D eigenvalue weighted by Gasteiger charge is 2.20. The van der Waals surface area contributed by atoms with E-state index in [4.69, 9.17) is 4.52 Å². The molecule has 0 aliphatic carbocycles. The van der Waals surface area contributed by atoms with Crippen molar-refractivity contribution in [2.24, 2.45) is 0 Å². The fraction of sp³-hybridized carbons (Fsp3) is 0.250. The highest BCUT2D eigenvalue weighted by atomic mass is 16.5. The van der Waals surface area contributed by atoms with E-state index in [1.54, 1.807) is 13.0 Å². The SMILES string of the molecule is COC(=O)c1n[nH]nc1-c1cc(C)on1. The van der Waals surface area contributed by atoms with E-state index in [0.717, 1.165) is 0 Å². The molecule has 2 aromatic rings. The molecule has 0 unspecified atom stereocenters. The van der Waals surface area contributed by atoms with E-state index >= 15 is 0 Å². The number of ether oxygens (including phenoxy) is 1. The van der Waals surface area contributed by atoms with E-state index in [1.807, 2.05) is 0 Å². The van der Waals surface area contributed by atoms with Gasteiger partial charge < -0.3 is 9.26 Å². The average molecular weight is 208 g/mol. The molecule has 1 N–H and O–H groups in total. The Kier molecular flexibility index (Phi) is 2.20. The highest BCUT2D eigenvalue weighted by molar-refractivity contribution is 5.93. The van der Waals surface area contributed by atoms with Crippen molar-refractivity contribution in [2.45, 2.75) is 6.92 Å². The van der Waals surface area contributed by atoms with Crippen molar-refractivity contribution in [1.82, 2.24) is 20.6 Å². The van der Waals surface area contributed by atoms with Crippen LogP contribution in [0, 0.1) is 6.92 Å². The Morgan fingerprint density at radius 1 is 1.53 bits per heavy atom. The van der Waals surface area contributed by atoms with Crippen molar-refractivity contribution in [3.8, 4) is 11.4 Å². The molecule has 2 rings (SSSR count). The number of carbonyl (C=O) groups excluding carboxylic acids is 1. The minimum Gasteiger partial charge on any atom is -0.464 e. The normalized spacial score (nSPS) is 10.3. The van der Waals surface area contributed by atoms with E-state index in [0.29, 0.717) is 17.1 Å². The predicted molar refractivity (Wildman–Crippen MR) is 48.0 cm³/mol. The van der Waals surface area contributed by atoms with Crippen LogP contribution >= 0.6 is 0 Å². The second-order valence-electron chi connectivity index (χ2n) is 2.84. The minimum absolute atomic E-state index is 0.0887. The lowest BCUT2D eigenvalue weighted by atomic mass is 10.2. The summed E-state index contributed by atoms with van der Waals surface area (Å²) < 4.78 is 9.42. The number of hydrogen-bond donors (Lipinski definition) is 1. The number of carbonyl (C=O) groups is 1. The molecule has 0 amide bonds. The zero-order valence-corrected chi connectivity index (χ0v) is 8.14. The molecule has 0 bridgehead atoms. The standard InChI is InChI=1S/C8H8N4O3/c1-4-3-5(11-15-4)6-7(8(13)14-2)10-12-9-6/h3H,1-2H3,(H,9,10,12). The van der Waals surface area contributed by atoms with Crippen LogP contribution in [0.5, 0.6) is 0 Å². The Morgan fingerprint density at radius 3 is 2.93 bits per heavy atom. The number of rotatable bonds is 2. The number of esters is 1. The van der Waals surface area contributed by atoms with Crippen LogP contribution in [0.4, 0.5) is 0 Å². The van der Waals surface area contributed by atoms with Gasteiger partial charge in [0.05, 0.1) is 7.11 Å². The van der Waals surface area contributed by atoms with E-state index < -0.39 is 5.97 Å². The first kappa shape index (κ1) is 9.38. The number of nitrogens with zero attached hydrogens (tertiary/aromatic N) is 3. The summed E-state index contributed by atoms with van der Waals surface area (Å²) >= 11 is 0. The largest absolute Gasteiger partial charge is 0.464 e. The summed E-state index contributed by atoms with van der Waals surface area (Å²) in [6, 6.07) is 1.66. The van der Waals surface area contributed by atoms with Gasteiger partial charge in [-0.3, -0.25) is 0 Å². The Bertz CT molecular complexity index is 488. The summed E-state index contributed by atoms with van der Waals surface area (Å²) in [4.78, 5) is 11.3. The van der Waals surface area contributed by atoms with Gasteiger partial charge in [0.15, 0.2) is 5.69 Å². The maximum absolute atomic E-state index is 11.3. The molecule has 0 aliphatic heterocycles. The van der Waals surface area contributed by atoms with Crippen molar-refractivity contribution >= 4 is 5.97 Å². The lowest BCUT2D eigenvalue weighted by Gasteiger charge is -1.93. The van der Waals surface area contributed by atoms with Gasteiger partial charge in [0, 0.05) is 6.07 Å². The number of aryl methyl sites for hydroxylation is 1. The fourth-order valence-electron chi connectivity index (χ4n) is 1.13. The van der Waals surface area contributed by atoms with Crippen molar-refractivity contribution in [3.05, 3.63) is 17.5 Å². The maximum Gasteiger partial charge on any atom is 0.361 e. The number of methoxy groups -OCH3 is 1. The van der Waals surface area contributed by atoms with Crippen LogP contribution in [0.2, 0.25) is 0 Å². The number of H-pyrrole nitrogens is 1. The molecule has 0 saturated heterocycles. The van der Waals surface area contributed by atoms with Crippen LogP contribution in [0.25, 0.3) is 11.4 Å². The maximum atomic E-state index is 11.3. The van der Waals surface area contributed by atoms with E-state index in [9.17, 15) is 4.79 Å². The summed E-state index contributed by atoms with van der Waals surface area (Å²) in [5.74, 6) is 0.0585. The van der Waals surface area contributed by atoms with Crippen molar-refractivity contribution < 1.29 is 14.1 Å². The van der Waals surface area contributed by atoms with Crippen LogP contribution in [0.1, 0.15) is 16.2 Å². The Balaban J connectivity index is 2.45. The zero-order chi connectivity index (χ0) is 10.8. The summed E-state index contributed by atoms with van der Waals surface area (Å²) in [5, 5.41) is 13.6. The van der Waals surface area contributed by atoms with Crippen molar-refractivity contribution in [2.75, 3.05) is 7.11 Å². The van der Waals surface area contributed by atoms with Gasteiger partial charge in [-0.25, -0.2) is 4.79 Å². The van der Waals surface area contributed by atoms with E-state index in [1.165, 1.54) is 7.11 Å². The van der Waals surface area contributed by atoms with Gasteiger partial charge in [0.1, 0.15) is 17.1 Å². The number of aromatic nitrogens is 4. The number of hydrogen-bond acceptors (Lipinski definition) is 6. The molecule has 0 saturated carbocycles. The molecule has 7 heteroatoms. The molecule has 0 radical (unpaired) electrons. The minimum atomic E-state index is -0.570. The van der Waals surface area contributed by atoms with E-state index in [2.05, 4.69) is 25.3 Å². The summed E-state index contributed by atoms with van der Waals surface area (Å²) in [6.45, 7) is 1.74. The molecule has 0 spiro atoms. The molecule has 15 heavy (non-hydrogen) atoms. The van der Waals surface area contributed by atoms with Crippen LogP contribution in [-0.2, 0) is 4.74 Å². The summed E-state index contributed by atoms with van der Waals surface area (Å²) in [6.07, 6.45) is 0. The first-order valence-corrected chi connectivity index (χ1v) is 4.15.